The lowest BCUT2D eigenvalue weighted by Gasteiger charge is -2.41. The molecule has 0 amide bonds. The number of benzene rings is 12. The molecular formula is C102H114N8O4. The molecule has 0 saturated heterocycles. The molecule has 2 aliphatic carbocycles. The number of hydrogen-bond donors (Lipinski definition) is 0. The topological polar surface area (TPSA) is 62.8 Å². The van der Waals surface area contributed by atoms with E-state index in [1.807, 2.05) is 7.11 Å². The van der Waals surface area contributed by atoms with Crippen LogP contribution in [-0.4, -0.2) is 106 Å². The van der Waals surface area contributed by atoms with E-state index in [1.54, 1.807) is 14.2 Å². The Labute approximate surface area is 679 Å². The van der Waals surface area contributed by atoms with Gasteiger partial charge in [-0.1, -0.05) is 203 Å². The lowest BCUT2D eigenvalue weighted by atomic mass is 9.85. The summed E-state index contributed by atoms with van der Waals surface area (Å²) in [5, 5.41) is 0. The van der Waals surface area contributed by atoms with Gasteiger partial charge in [-0.2, -0.15) is 0 Å². The molecule has 14 rings (SSSR count). The van der Waals surface area contributed by atoms with Crippen LogP contribution >= 0.6 is 0 Å². The van der Waals surface area contributed by atoms with Crippen molar-refractivity contribution in [2.24, 2.45) is 5.92 Å². The highest BCUT2D eigenvalue weighted by Gasteiger charge is 2.33. The summed E-state index contributed by atoms with van der Waals surface area (Å²) < 4.78 is 24.9. The third-order valence-electron chi connectivity index (χ3n) is 22.7. The van der Waals surface area contributed by atoms with E-state index in [-0.39, 0.29) is 0 Å². The predicted octanol–water partition coefficient (Wildman–Crippen LogP) is 25.5. The van der Waals surface area contributed by atoms with Crippen LogP contribution in [0.1, 0.15) is 84.5 Å². The molecule has 12 aromatic carbocycles. The molecule has 12 aromatic rings. The number of hydrogen-bond acceptors (Lipinski definition) is 12. The SMILES string of the molecule is CCCN(c1cc(N(c2ccccc2)c2ccccc2)ccc1-c1ccc(N(c2ccccc2)c2ccccc2)cc1N(CCC)C1CCC(COCCN(CCOC)c2cc(N(c3ccccc3)c3ccccc3)ccc2-c2ccc(N(c3ccccc3)c3ccccc3)cc2N(CCOC)CCOC)CC1)C1CCCCC1. The summed E-state index contributed by atoms with van der Waals surface area (Å²) >= 11 is 0. The van der Waals surface area contributed by atoms with Crippen molar-refractivity contribution in [2.45, 2.75) is 96.6 Å². The summed E-state index contributed by atoms with van der Waals surface area (Å²) in [5.41, 5.74) is 22.8. The average molecular weight is 1520 g/mol. The quantitative estimate of drug-likeness (QED) is 0.0346. The lowest BCUT2D eigenvalue weighted by Crippen LogP contribution is -2.40. The number of para-hydroxylation sites is 8. The zero-order valence-electron chi connectivity index (χ0n) is 67.5. The van der Waals surface area contributed by atoms with Crippen molar-refractivity contribution in [1.29, 1.82) is 0 Å². The molecule has 2 aliphatic rings. The predicted molar refractivity (Wildman–Crippen MR) is 481 cm³/mol. The number of anilines is 16. The zero-order chi connectivity index (χ0) is 78.1. The molecule has 0 spiro atoms. The smallest absolute Gasteiger partial charge is 0.0641 e. The summed E-state index contributed by atoms with van der Waals surface area (Å²) in [7, 11) is 5.38. The van der Waals surface area contributed by atoms with E-state index in [2.05, 4.69) is 368 Å². The molecule has 0 unspecified atom stereocenters. The summed E-state index contributed by atoms with van der Waals surface area (Å²) in [6.45, 7) is 12.1. The van der Waals surface area contributed by atoms with Crippen molar-refractivity contribution in [2.75, 3.05) is 133 Å². The van der Waals surface area contributed by atoms with Gasteiger partial charge in [0.05, 0.1) is 26.4 Å². The van der Waals surface area contributed by atoms with E-state index in [1.165, 1.54) is 54.6 Å². The Hall–Kier alpha value is -11.1. The molecule has 0 N–H and O–H groups in total. The van der Waals surface area contributed by atoms with Gasteiger partial charge in [-0.05, 0) is 203 Å². The molecule has 0 aromatic heterocycles. The van der Waals surface area contributed by atoms with Gasteiger partial charge in [0, 0.05) is 193 Å². The minimum absolute atomic E-state index is 0.316. The number of nitrogens with zero attached hydrogens (tertiary/aromatic N) is 8. The van der Waals surface area contributed by atoms with Crippen molar-refractivity contribution in [3.8, 4) is 22.3 Å². The maximum atomic E-state index is 7.10. The summed E-state index contributed by atoms with van der Waals surface area (Å²) in [6.07, 6.45) is 12.6. The largest absolute Gasteiger partial charge is 0.383 e. The molecule has 0 radical (unpaired) electrons. The molecule has 0 bridgehead atoms. The van der Waals surface area contributed by atoms with Crippen LogP contribution in [0.25, 0.3) is 22.3 Å². The van der Waals surface area contributed by atoms with Gasteiger partial charge in [-0.25, -0.2) is 0 Å². The fourth-order valence-electron chi connectivity index (χ4n) is 17.2. The average Bonchev–Trinajstić information content (AvgIpc) is 0.767. The molecule has 12 heteroatoms. The first-order chi connectivity index (χ1) is 56.4. The maximum Gasteiger partial charge on any atom is 0.0641 e. The van der Waals surface area contributed by atoms with Gasteiger partial charge in [0.15, 0.2) is 0 Å². The Bertz CT molecular complexity index is 4680. The molecular weight excluding hydrogens is 1400 g/mol. The third-order valence-corrected chi connectivity index (χ3v) is 22.7. The Kier molecular flexibility index (Phi) is 28.3. The van der Waals surface area contributed by atoms with Crippen molar-refractivity contribution in [3.63, 3.8) is 0 Å². The van der Waals surface area contributed by atoms with Gasteiger partial charge in [-0.15, -0.1) is 0 Å². The monoisotopic (exact) mass is 1510 g/mol. The van der Waals surface area contributed by atoms with E-state index >= 15 is 0 Å². The molecule has 2 fully saturated rings. The molecule has 2 saturated carbocycles. The second-order valence-corrected chi connectivity index (χ2v) is 30.2. The van der Waals surface area contributed by atoms with Crippen LogP contribution in [0.4, 0.5) is 91.0 Å². The van der Waals surface area contributed by atoms with Crippen LogP contribution < -0.4 is 39.2 Å². The van der Waals surface area contributed by atoms with Gasteiger partial charge < -0.3 is 58.1 Å². The minimum Gasteiger partial charge on any atom is -0.383 e. The van der Waals surface area contributed by atoms with Crippen molar-refractivity contribution in [1.82, 2.24) is 0 Å². The lowest BCUT2D eigenvalue weighted by molar-refractivity contribution is 0.0862. The second-order valence-electron chi connectivity index (χ2n) is 30.2. The minimum atomic E-state index is 0.316. The van der Waals surface area contributed by atoms with Crippen molar-refractivity contribution in [3.05, 3.63) is 315 Å². The van der Waals surface area contributed by atoms with Gasteiger partial charge >= 0.3 is 0 Å². The van der Waals surface area contributed by atoms with Crippen molar-refractivity contribution < 1.29 is 18.9 Å². The van der Waals surface area contributed by atoms with Crippen LogP contribution in [0.3, 0.4) is 0 Å². The molecule has 0 atom stereocenters. The first-order valence-electron chi connectivity index (χ1n) is 41.7. The first kappa shape index (κ1) is 79.5. The summed E-state index contributed by atoms with van der Waals surface area (Å²) in [5.74, 6) is 0.408. The highest BCUT2D eigenvalue weighted by molar-refractivity contribution is 5.95. The Morgan fingerprint density at radius 2 is 0.509 bits per heavy atom. The van der Waals surface area contributed by atoms with E-state index < -0.39 is 0 Å². The highest BCUT2D eigenvalue weighted by Crippen LogP contribution is 2.50. The Balaban J connectivity index is 0.804. The third kappa shape index (κ3) is 19.4. The molecule has 12 nitrogen and oxygen atoms in total. The van der Waals surface area contributed by atoms with Crippen LogP contribution in [-0.2, 0) is 18.9 Å². The highest BCUT2D eigenvalue weighted by atomic mass is 16.5. The van der Waals surface area contributed by atoms with Gasteiger partial charge in [0.1, 0.15) is 0 Å². The Morgan fingerprint density at radius 1 is 0.254 bits per heavy atom. The fourth-order valence-corrected chi connectivity index (χ4v) is 17.2. The first-order valence-corrected chi connectivity index (χ1v) is 41.7. The van der Waals surface area contributed by atoms with Gasteiger partial charge in [-0.3, -0.25) is 0 Å². The summed E-state index contributed by atoms with van der Waals surface area (Å²) in [6, 6.07) is 116. The van der Waals surface area contributed by atoms with Crippen LogP contribution in [0.2, 0.25) is 0 Å². The second kappa shape index (κ2) is 40.6. The standard InChI is InChI=1S/C102H114N8O4/c1-6-65-105(81-35-17-8-18-36-81)101-77-93(109(87-45-27-13-28-46-87)88-47-29-14-30-48-88)59-63-97(101)98-64-60-94(110(89-49-31-15-32-50-89)90-51-33-16-34-52-90)78-102(98)106(66-7-2)82-55-53-80(54-56-82)79-114-74-70-104(69-73-113-5)100-76-92(108(85-41-23-11-24-42-85)86-43-25-12-26-44-86)58-62-96(100)95-61-57-91(75-99(95)103(67-71-111-3)68-72-112-4)107(83-37-19-9-20-38-83)84-39-21-10-22-40-84/h9-16,19-34,37-52,57-64,75-78,80-82H,6-8,17-18,35-36,53-56,65-74,79H2,1-5H3. The number of ether oxygens (including phenoxy) is 4. The van der Waals surface area contributed by atoms with E-state index in [4.69, 9.17) is 18.9 Å². The maximum absolute atomic E-state index is 7.10. The zero-order valence-corrected chi connectivity index (χ0v) is 67.5. The number of rotatable bonds is 38. The summed E-state index contributed by atoms with van der Waals surface area (Å²) in [4.78, 5) is 20.2. The van der Waals surface area contributed by atoms with Crippen molar-refractivity contribution >= 4 is 91.0 Å². The fraction of sp³-hybridized carbons (Fsp3) is 0.294. The van der Waals surface area contributed by atoms with Gasteiger partial charge in [0.25, 0.3) is 0 Å². The molecule has 586 valence electrons. The normalized spacial score (nSPS) is 14.3. The van der Waals surface area contributed by atoms with Gasteiger partial charge in [0.2, 0.25) is 0 Å². The van der Waals surface area contributed by atoms with E-state index in [9.17, 15) is 0 Å². The van der Waals surface area contributed by atoms with E-state index in [0.717, 1.165) is 142 Å². The number of methoxy groups -OCH3 is 3. The molecule has 0 aliphatic heterocycles. The molecule has 114 heavy (non-hydrogen) atoms. The Morgan fingerprint density at radius 3 is 0.781 bits per heavy atom. The van der Waals surface area contributed by atoms with Crippen LogP contribution in [0.15, 0.2) is 315 Å². The van der Waals surface area contributed by atoms with E-state index in [0.29, 0.717) is 77.2 Å². The van der Waals surface area contributed by atoms with Crippen LogP contribution in [0.5, 0.6) is 0 Å². The van der Waals surface area contributed by atoms with Crippen LogP contribution in [0, 0.1) is 5.92 Å². The molecule has 0 heterocycles.